The Bertz CT molecular complexity index is 567. The fourth-order valence-corrected chi connectivity index (χ4v) is 2.21. The number of hydrogen-bond donors (Lipinski definition) is 2. The van der Waals surface area contributed by atoms with Crippen molar-refractivity contribution in [2.24, 2.45) is 0 Å². The highest BCUT2D eigenvalue weighted by atomic mass is 79.9. The Kier molecular flexibility index (Phi) is 3.39. The van der Waals surface area contributed by atoms with Crippen molar-refractivity contribution >= 4 is 21.7 Å². The highest BCUT2D eigenvalue weighted by Crippen LogP contribution is 2.26. The van der Waals surface area contributed by atoms with Crippen molar-refractivity contribution in [3.8, 4) is 11.5 Å². The molecule has 2 aromatic rings. The highest BCUT2D eigenvalue weighted by Gasteiger charge is 2.15. The molecule has 0 aromatic heterocycles. The molecule has 92 valence electrons. The third kappa shape index (κ3) is 2.38. The standard InChI is InChI=1S/C14H11BrO3/c1-8-6-9(15)2-4-11(8)14(18)12-5-3-10(16)7-13(12)17/h2-7,16-17H,1H3. The van der Waals surface area contributed by atoms with Crippen molar-refractivity contribution < 1.29 is 15.0 Å². The predicted molar refractivity (Wildman–Crippen MR) is 72.1 cm³/mol. The van der Waals surface area contributed by atoms with Crippen molar-refractivity contribution in [3.05, 3.63) is 57.6 Å². The SMILES string of the molecule is Cc1cc(Br)ccc1C(=O)c1ccc(O)cc1O. The normalized spacial score (nSPS) is 10.3. The summed E-state index contributed by atoms with van der Waals surface area (Å²) in [4.78, 5) is 12.3. The molecule has 0 atom stereocenters. The lowest BCUT2D eigenvalue weighted by Crippen LogP contribution is -2.03. The molecule has 0 aliphatic carbocycles. The van der Waals surface area contributed by atoms with Gasteiger partial charge in [-0.1, -0.05) is 15.9 Å². The Morgan fingerprint density at radius 2 is 1.72 bits per heavy atom. The van der Waals surface area contributed by atoms with E-state index in [1.807, 2.05) is 13.0 Å². The molecule has 0 spiro atoms. The van der Waals surface area contributed by atoms with E-state index in [4.69, 9.17) is 0 Å². The minimum Gasteiger partial charge on any atom is -0.508 e. The molecule has 0 saturated carbocycles. The van der Waals surface area contributed by atoms with Gasteiger partial charge in [-0.15, -0.1) is 0 Å². The van der Waals surface area contributed by atoms with Gasteiger partial charge >= 0.3 is 0 Å². The number of ketones is 1. The Labute approximate surface area is 113 Å². The zero-order valence-electron chi connectivity index (χ0n) is 9.64. The first-order valence-electron chi connectivity index (χ1n) is 5.32. The first-order valence-corrected chi connectivity index (χ1v) is 6.11. The van der Waals surface area contributed by atoms with Crippen LogP contribution in [0.25, 0.3) is 0 Å². The van der Waals surface area contributed by atoms with E-state index in [9.17, 15) is 15.0 Å². The monoisotopic (exact) mass is 306 g/mol. The maximum Gasteiger partial charge on any atom is 0.197 e. The predicted octanol–water partition coefficient (Wildman–Crippen LogP) is 3.40. The van der Waals surface area contributed by atoms with E-state index in [-0.39, 0.29) is 22.8 Å². The molecule has 0 bridgehead atoms. The van der Waals surface area contributed by atoms with Crippen LogP contribution in [0.2, 0.25) is 0 Å². The van der Waals surface area contributed by atoms with Crippen LogP contribution in [0.5, 0.6) is 11.5 Å². The number of aromatic hydroxyl groups is 2. The second-order valence-electron chi connectivity index (χ2n) is 3.99. The zero-order chi connectivity index (χ0) is 13.3. The lowest BCUT2D eigenvalue weighted by atomic mass is 9.98. The van der Waals surface area contributed by atoms with Gasteiger partial charge in [0.25, 0.3) is 0 Å². The minimum atomic E-state index is -0.266. The Hall–Kier alpha value is -1.81. The van der Waals surface area contributed by atoms with Gasteiger partial charge in [0.1, 0.15) is 11.5 Å². The van der Waals surface area contributed by atoms with E-state index in [1.54, 1.807) is 12.1 Å². The third-order valence-corrected chi connectivity index (χ3v) is 3.15. The number of phenols is 2. The smallest absolute Gasteiger partial charge is 0.197 e. The summed E-state index contributed by atoms with van der Waals surface area (Å²) in [7, 11) is 0. The average molecular weight is 307 g/mol. The van der Waals surface area contributed by atoms with Gasteiger partial charge in [-0.05, 0) is 42.8 Å². The van der Waals surface area contributed by atoms with Crippen molar-refractivity contribution in [1.82, 2.24) is 0 Å². The molecule has 0 amide bonds. The molecule has 0 heterocycles. The Morgan fingerprint density at radius 1 is 1.06 bits per heavy atom. The molecule has 4 heteroatoms. The molecule has 0 unspecified atom stereocenters. The molecule has 2 aromatic carbocycles. The van der Waals surface area contributed by atoms with Gasteiger partial charge in [0.05, 0.1) is 5.56 Å². The molecule has 2 rings (SSSR count). The fourth-order valence-electron chi connectivity index (χ4n) is 1.74. The first-order chi connectivity index (χ1) is 8.49. The number of hydrogen-bond acceptors (Lipinski definition) is 3. The second-order valence-corrected chi connectivity index (χ2v) is 4.91. The summed E-state index contributed by atoms with van der Waals surface area (Å²) < 4.78 is 0.895. The molecular weight excluding hydrogens is 296 g/mol. The summed E-state index contributed by atoms with van der Waals surface area (Å²) in [5.41, 5.74) is 1.53. The molecule has 2 N–H and O–H groups in total. The van der Waals surface area contributed by atoms with Crippen molar-refractivity contribution in [2.45, 2.75) is 6.92 Å². The zero-order valence-corrected chi connectivity index (χ0v) is 11.2. The number of carbonyl (C=O) groups is 1. The maximum absolute atomic E-state index is 12.3. The van der Waals surface area contributed by atoms with Gasteiger partial charge in [0, 0.05) is 16.1 Å². The summed E-state index contributed by atoms with van der Waals surface area (Å²) in [5, 5.41) is 18.9. The molecular formula is C14H11BrO3. The maximum atomic E-state index is 12.3. The van der Waals surface area contributed by atoms with Crippen molar-refractivity contribution in [1.29, 1.82) is 0 Å². The van der Waals surface area contributed by atoms with Gasteiger partial charge in [0.2, 0.25) is 0 Å². The molecule has 0 radical (unpaired) electrons. The van der Waals surface area contributed by atoms with Crippen LogP contribution >= 0.6 is 15.9 Å². The number of rotatable bonds is 2. The lowest BCUT2D eigenvalue weighted by molar-refractivity contribution is 0.103. The third-order valence-electron chi connectivity index (χ3n) is 2.66. The second kappa shape index (κ2) is 4.82. The van der Waals surface area contributed by atoms with Gasteiger partial charge in [-0.2, -0.15) is 0 Å². The van der Waals surface area contributed by atoms with Gasteiger partial charge in [-0.3, -0.25) is 4.79 Å². The molecule has 0 saturated heterocycles. The van der Waals surface area contributed by atoms with Crippen LogP contribution in [0, 0.1) is 6.92 Å². The summed E-state index contributed by atoms with van der Waals surface area (Å²) in [5.74, 6) is -0.559. The Balaban J connectivity index is 2.48. The van der Waals surface area contributed by atoms with Crippen LogP contribution in [0.15, 0.2) is 40.9 Å². The van der Waals surface area contributed by atoms with E-state index in [2.05, 4.69) is 15.9 Å². The lowest BCUT2D eigenvalue weighted by Gasteiger charge is -2.07. The van der Waals surface area contributed by atoms with Crippen LogP contribution in [0.4, 0.5) is 0 Å². The fraction of sp³-hybridized carbons (Fsp3) is 0.0714. The van der Waals surface area contributed by atoms with Gasteiger partial charge in [0.15, 0.2) is 5.78 Å². The first kappa shape index (κ1) is 12.6. The van der Waals surface area contributed by atoms with Gasteiger partial charge < -0.3 is 10.2 Å². The molecule has 0 aliphatic rings. The van der Waals surface area contributed by atoms with Crippen molar-refractivity contribution in [2.75, 3.05) is 0 Å². The van der Waals surface area contributed by atoms with Crippen LogP contribution in [-0.2, 0) is 0 Å². The number of carbonyl (C=O) groups excluding carboxylic acids is 1. The van der Waals surface area contributed by atoms with Crippen molar-refractivity contribution in [3.63, 3.8) is 0 Å². The van der Waals surface area contributed by atoms with Crippen LogP contribution in [0.1, 0.15) is 21.5 Å². The number of benzene rings is 2. The minimum absolute atomic E-state index is 0.0726. The number of halogens is 1. The quantitative estimate of drug-likeness (QED) is 0.836. The molecule has 18 heavy (non-hydrogen) atoms. The summed E-state index contributed by atoms with van der Waals surface area (Å²) in [6, 6.07) is 9.26. The molecule has 3 nitrogen and oxygen atoms in total. The average Bonchev–Trinajstić information content (AvgIpc) is 2.28. The largest absolute Gasteiger partial charge is 0.508 e. The van der Waals surface area contributed by atoms with Crippen LogP contribution in [0.3, 0.4) is 0 Å². The molecule has 0 aliphatic heterocycles. The van der Waals surface area contributed by atoms with Crippen LogP contribution in [-0.4, -0.2) is 16.0 Å². The van der Waals surface area contributed by atoms with E-state index in [0.717, 1.165) is 16.1 Å². The van der Waals surface area contributed by atoms with E-state index in [0.29, 0.717) is 5.56 Å². The Morgan fingerprint density at radius 3 is 2.33 bits per heavy atom. The summed E-state index contributed by atoms with van der Waals surface area (Å²) >= 11 is 3.33. The summed E-state index contributed by atoms with van der Waals surface area (Å²) in [6.45, 7) is 1.83. The topological polar surface area (TPSA) is 57.5 Å². The highest BCUT2D eigenvalue weighted by molar-refractivity contribution is 9.10. The van der Waals surface area contributed by atoms with Gasteiger partial charge in [-0.25, -0.2) is 0 Å². The molecule has 0 fully saturated rings. The van der Waals surface area contributed by atoms with E-state index >= 15 is 0 Å². The van der Waals surface area contributed by atoms with Crippen LogP contribution < -0.4 is 0 Å². The van der Waals surface area contributed by atoms with E-state index in [1.165, 1.54) is 12.1 Å². The summed E-state index contributed by atoms with van der Waals surface area (Å²) in [6.07, 6.45) is 0. The number of aryl methyl sites for hydroxylation is 1. The number of phenolic OH excluding ortho intramolecular Hbond substituents is 2. The van der Waals surface area contributed by atoms with E-state index < -0.39 is 0 Å².